The number of Topliss-reactive ketones (excluding diaryl/α,β-unsaturated/α-hetero) is 1. The van der Waals surface area contributed by atoms with E-state index < -0.39 is 5.95 Å². The molecule has 0 atom stereocenters. The van der Waals surface area contributed by atoms with Gasteiger partial charge in [0.1, 0.15) is 0 Å². The third kappa shape index (κ3) is 4.53. The number of nitrogens with one attached hydrogen (secondary N) is 1. The van der Waals surface area contributed by atoms with Gasteiger partial charge in [-0.15, -0.1) is 0 Å². The molecule has 1 heterocycles. The highest BCUT2D eigenvalue weighted by Crippen LogP contribution is 2.23. The summed E-state index contributed by atoms with van der Waals surface area (Å²) in [5, 5.41) is 18.6. The number of aryl methyl sites for hydroxylation is 1. The molecule has 0 aliphatic heterocycles. The third-order valence-electron chi connectivity index (χ3n) is 3.77. The summed E-state index contributed by atoms with van der Waals surface area (Å²) >= 11 is 1.04. The minimum atomic E-state index is -0.598. The summed E-state index contributed by atoms with van der Waals surface area (Å²) in [6.45, 7) is 3.44. The van der Waals surface area contributed by atoms with E-state index in [0.29, 0.717) is 16.9 Å². The SMILES string of the molecule is CC(=O)c1ccc(NC(=O)CSc2c([O-])on[n+]2-c2ccc(C)cc2)cc1. The highest BCUT2D eigenvalue weighted by Gasteiger charge is 2.22. The first-order valence-electron chi connectivity index (χ1n) is 8.14. The second kappa shape index (κ2) is 8.05. The van der Waals surface area contributed by atoms with E-state index in [2.05, 4.69) is 10.6 Å². The summed E-state index contributed by atoms with van der Waals surface area (Å²) in [6.07, 6.45) is 0. The highest BCUT2D eigenvalue weighted by molar-refractivity contribution is 7.99. The van der Waals surface area contributed by atoms with Crippen molar-refractivity contribution in [2.75, 3.05) is 11.1 Å². The summed E-state index contributed by atoms with van der Waals surface area (Å²) in [6, 6.07) is 14.0. The van der Waals surface area contributed by atoms with E-state index >= 15 is 0 Å². The standard InChI is InChI=1S/C19H17N3O4S/c1-12-3-9-16(10-4-12)22-18(19(25)26-21-22)27-11-17(24)20-15-7-5-14(6-8-15)13(2)23/h3-10H,11H2,1-2H3,(H-,20,21,23,24,25). The Morgan fingerprint density at radius 3 is 2.44 bits per heavy atom. The van der Waals surface area contributed by atoms with Crippen molar-refractivity contribution in [1.29, 1.82) is 0 Å². The summed E-state index contributed by atoms with van der Waals surface area (Å²) in [7, 11) is 0. The van der Waals surface area contributed by atoms with Crippen molar-refractivity contribution in [3.05, 3.63) is 59.7 Å². The Morgan fingerprint density at radius 1 is 1.15 bits per heavy atom. The van der Waals surface area contributed by atoms with Gasteiger partial charge in [0.2, 0.25) is 11.6 Å². The van der Waals surface area contributed by atoms with E-state index in [9.17, 15) is 14.7 Å². The zero-order chi connectivity index (χ0) is 19.4. The first kappa shape index (κ1) is 18.7. The minimum Gasteiger partial charge on any atom is -0.538 e. The van der Waals surface area contributed by atoms with Crippen molar-refractivity contribution >= 4 is 29.1 Å². The van der Waals surface area contributed by atoms with Crippen LogP contribution in [0.2, 0.25) is 0 Å². The van der Waals surface area contributed by atoms with Crippen LogP contribution in [0, 0.1) is 6.92 Å². The van der Waals surface area contributed by atoms with E-state index in [1.807, 2.05) is 31.2 Å². The number of thioether (sulfide) groups is 1. The number of benzene rings is 2. The van der Waals surface area contributed by atoms with E-state index in [4.69, 9.17) is 4.52 Å². The number of nitrogens with zero attached hydrogens (tertiary/aromatic N) is 2. The van der Waals surface area contributed by atoms with Crippen LogP contribution in [0.15, 0.2) is 58.1 Å². The van der Waals surface area contributed by atoms with Crippen LogP contribution in [-0.4, -0.2) is 22.7 Å². The molecule has 0 saturated heterocycles. The van der Waals surface area contributed by atoms with Gasteiger partial charge < -0.3 is 14.9 Å². The second-order valence-corrected chi connectivity index (χ2v) is 6.85. The molecule has 0 fully saturated rings. The summed E-state index contributed by atoms with van der Waals surface area (Å²) in [4.78, 5) is 23.4. The van der Waals surface area contributed by atoms with E-state index in [1.165, 1.54) is 11.6 Å². The van der Waals surface area contributed by atoms with Crippen LogP contribution in [0.1, 0.15) is 22.8 Å². The lowest BCUT2D eigenvalue weighted by molar-refractivity contribution is -0.705. The molecule has 0 radical (unpaired) electrons. The van der Waals surface area contributed by atoms with Gasteiger partial charge in [-0.25, -0.2) is 0 Å². The zero-order valence-corrected chi connectivity index (χ0v) is 15.6. The van der Waals surface area contributed by atoms with Crippen molar-refractivity contribution in [1.82, 2.24) is 5.27 Å². The average molecular weight is 383 g/mol. The first-order valence-corrected chi connectivity index (χ1v) is 9.12. The number of hydrogen-bond donors (Lipinski definition) is 1. The first-order chi connectivity index (χ1) is 12.9. The molecule has 0 aliphatic rings. The Bertz CT molecular complexity index is 966. The fraction of sp³-hybridized carbons (Fsp3) is 0.158. The fourth-order valence-corrected chi connectivity index (χ4v) is 3.09. The number of ketones is 1. The molecule has 0 bridgehead atoms. The molecule has 1 aromatic heterocycles. The number of aromatic nitrogens is 2. The quantitative estimate of drug-likeness (QED) is 0.398. The number of hydrogen-bond acceptors (Lipinski definition) is 6. The van der Waals surface area contributed by atoms with Crippen LogP contribution in [0.4, 0.5) is 5.69 Å². The maximum absolute atomic E-state index is 12.2. The molecule has 0 saturated carbocycles. The number of anilines is 1. The molecule has 138 valence electrons. The van der Waals surface area contributed by atoms with Crippen LogP contribution in [-0.2, 0) is 4.79 Å². The molecule has 1 amide bonds. The Kier molecular flexibility index (Phi) is 5.56. The number of carbonyl (C=O) groups excluding carboxylic acids is 2. The average Bonchev–Trinajstić information content (AvgIpc) is 3.01. The van der Waals surface area contributed by atoms with Gasteiger partial charge in [0.25, 0.3) is 5.03 Å². The lowest BCUT2D eigenvalue weighted by Crippen LogP contribution is -2.35. The fourth-order valence-electron chi connectivity index (χ4n) is 2.33. The minimum absolute atomic E-state index is 0.0107. The van der Waals surface area contributed by atoms with Gasteiger partial charge in [-0.05, 0) is 54.6 Å². The maximum atomic E-state index is 12.2. The van der Waals surface area contributed by atoms with Gasteiger partial charge in [0, 0.05) is 23.4 Å². The van der Waals surface area contributed by atoms with Crippen molar-refractivity contribution < 1.29 is 23.9 Å². The van der Waals surface area contributed by atoms with Gasteiger partial charge in [-0.1, -0.05) is 17.7 Å². The predicted molar refractivity (Wildman–Crippen MR) is 98.0 cm³/mol. The predicted octanol–water partition coefficient (Wildman–Crippen LogP) is 2.27. The monoisotopic (exact) mass is 383 g/mol. The van der Waals surface area contributed by atoms with Crippen molar-refractivity contribution in [3.8, 4) is 11.6 Å². The molecule has 1 N–H and O–H groups in total. The largest absolute Gasteiger partial charge is 0.538 e. The number of amides is 1. The maximum Gasteiger partial charge on any atom is 0.298 e. The molecular weight excluding hydrogens is 366 g/mol. The molecule has 0 spiro atoms. The number of rotatable bonds is 6. The molecule has 3 aromatic rings. The Morgan fingerprint density at radius 2 is 1.81 bits per heavy atom. The Hall–Kier alpha value is -3.13. The Balaban J connectivity index is 1.66. The van der Waals surface area contributed by atoms with Gasteiger partial charge in [0.05, 0.1) is 11.0 Å². The number of carbonyl (C=O) groups is 2. The molecule has 0 aliphatic carbocycles. The second-order valence-electron chi connectivity index (χ2n) is 5.88. The molecule has 27 heavy (non-hydrogen) atoms. The van der Waals surface area contributed by atoms with Crippen LogP contribution < -0.4 is 15.1 Å². The normalized spacial score (nSPS) is 10.6. The van der Waals surface area contributed by atoms with Crippen LogP contribution >= 0.6 is 11.8 Å². The van der Waals surface area contributed by atoms with E-state index in [0.717, 1.165) is 17.3 Å². The molecule has 0 unspecified atom stereocenters. The van der Waals surface area contributed by atoms with Gasteiger partial charge in [0.15, 0.2) is 11.7 Å². The molecule has 7 nitrogen and oxygen atoms in total. The van der Waals surface area contributed by atoms with E-state index in [1.54, 1.807) is 24.3 Å². The molecule has 3 rings (SSSR count). The lowest BCUT2D eigenvalue weighted by Gasteiger charge is -2.05. The Labute approximate surface area is 160 Å². The van der Waals surface area contributed by atoms with Gasteiger partial charge in [-0.3, -0.25) is 9.59 Å². The smallest absolute Gasteiger partial charge is 0.298 e. The lowest BCUT2D eigenvalue weighted by atomic mass is 10.1. The van der Waals surface area contributed by atoms with Crippen LogP contribution in [0.3, 0.4) is 0 Å². The molecule has 2 aromatic carbocycles. The zero-order valence-electron chi connectivity index (χ0n) is 14.8. The molecular formula is C19H17N3O4S. The molecule has 8 heteroatoms. The van der Waals surface area contributed by atoms with Crippen molar-refractivity contribution in [2.24, 2.45) is 0 Å². The van der Waals surface area contributed by atoms with Crippen molar-refractivity contribution in [3.63, 3.8) is 0 Å². The summed E-state index contributed by atoms with van der Waals surface area (Å²) < 4.78 is 6.12. The highest BCUT2D eigenvalue weighted by atomic mass is 32.2. The van der Waals surface area contributed by atoms with Crippen LogP contribution in [0.5, 0.6) is 5.95 Å². The van der Waals surface area contributed by atoms with Gasteiger partial charge in [-0.2, -0.15) is 0 Å². The van der Waals surface area contributed by atoms with Crippen LogP contribution in [0.25, 0.3) is 5.69 Å². The summed E-state index contributed by atoms with van der Waals surface area (Å²) in [5.74, 6) is -0.915. The topological polar surface area (TPSA) is 99.1 Å². The van der Waals surface area contributed by atoms with E-state index in [-0.39, 0.29) is 22.5 Å². The summed E-state index contributed by atoms with van der Waals surface area (Å²) in [5.41, 5.74) is 2.90. The van der Waals surface area contributed by atoms with Crippen molar-refractivity contribution in [2.45, 2.75) is 18.9 Å². The third-order valence-corrected chi connectivity index (χ3v) is 4.79. The van der Waals surface area contributed by atoms with Gasteiger partial charge >= 0.3 is 0 Å².